The van der Waals surface area contributed by atoms with Crippen molar-refractivity contribution in [3.05, 3.63) is 17.4 Å². The third-order valence-electron chi connectivity index (χ3n) is 4.22. The first-order valence-corrected chi connectivity index (χ1v) is 7.64. The highest BCUT2D eigenvalue weighted by molar-refractivity contribution is 6.30. The molecule has 2 fully saturated rings. The first-order valence-electron chi connectivity index (χ1n) is 7.26. The molecule has 2 atom stereocenters. The van der Waals surface area contributed by atoms with Crippen molar-refractivity contribution in [1.82, 2.24) is 15.3 Å². The Kier molecular flexibility index (Phi) is 3.89. The molecule has 0 amide bonds. The summed E-state index contributed by atoms with van der Waals surface area (Å²) in [6.45, 7) is 3.23. The van der Waals surface area contributed by atoms with Crippen LogP contribution in [-0.4, -0.2) is 34.6 Å². The number of rotatable bonds is 4. The Balaban J connectivity index is 1.78. The molecule has 0 aliphatic carbocycles. The molecule has 0 saturated carbocycles. The van der Waals surface area contributed by atoms with E-state index >= 15 is 0 Å². The lowest BCUT2D eigenvalue weighted by molar-refractivity contribution is 0.344. The van der Waals surface area contributed by atoms with Gasteiger partial charge in [0.15, 0.2) is 0 Å². The summed E-state index contributed by atoms with van der Waals surface area (Å²) in [5, 5.41) is 4.29. The molecule has 3 rings (SSSR count). The number of hydrogen-bond donors (Lipinski definition) is 1. The molecule has 2 aliphatic heterocycles. The van der Waals surface area contributed by atoms with Crippen LogP contribution in [0, 0.1) is 0 Å². The van der Waals surface area contributed by atoms with Crippen LogP contribution in [0.1, 0.15) is 39.0 Å². The fourth-order valence-corrected chi connectivity index (χ4v) is 3.52. The summed E-state index contributed by atoms with van der Waals surface area (Å²) >= 11 is 5.88. The predicted octanol–water partition coefficient (Wildman–Crippen LogP) is 2.63. The number of piperidine rings is 1. The topological polar surface area (TPSA) is 41.1 Å². The minimum Gasteiger partial charge on any atom is -0.338 e. The van der Waals surface area contributed by atoms with Crippen molar-refractivity contribution in [1.29, 1.82) is 0 Å². The van der Waals surface area contributed by atoms with Gasteiger partial charge in [0, 0.05) is 24.7 Å². The van der Waals surface area contributed by atoms with Gasteiger partial charge in [0.2, 0.25) is 5.95 Å². The van der Waals surface area contributed by atoms with Gasteiger partial charge in [-0.2, -0.15) is 0 Å². The Morgan fingerprint density at radius 1 is 1.26 bits per heavy atom. The Morgan fingerprint density at radius 2 is 1.89 bits per heavy atom. The zero-order chi connectivity index (χ0) is 13.2. The smallest absolute Gasteiger partial charge is 0.225 e. The highest BCUT2D eigenvalue weighted by Gasteiger charge is 2.36. The molecule has 1 N–H and O–H groups in total. The maximum absolute atomic E-state index is 5.88. The summed E-state index contributed by atoms with van der Waals surface area (Å²) in [5.41, 5.74) is 0. The Labute approximate surface area is 119 Å². The minimum absolute atomic E-state index is 0.569. The van der Waals surface area contributed by atoms with E-state index in [0.717, 1.165) is 18.9 Å². The van der Waals surface area contributed by atoms with Crippen molar-refractivity contribution >= 4 is 17.5 Å². The van der Waals surface area contributed by atoms with Crippen molar-refractivity contribution in [2.45, 2.75) is 57.2 Å². The molecule has 104 valence electrons. The average molecular weight is 281 g/mol. The van der Waals surface area contributed by atoms with Crippen LogP contribution in [0.25, 0.3) is 0 Å². The molecule has 5 heteroatoms. The summed E-state index contributed by atoms with van der Waals surface area (Å²) in [4.78, 5) is 11.2. The summed E-state index contributed by atoms with van der Waals surface area (Å²) in [5.74, 6) is 0.831. The molecule has 0 radical (unpaired) electrons. The van der Waals surface area contributed by atoms with Gasteiger partial charge in [0.05, 0.1) is 17.4 Å². The Hall–Kier alpha value is -0.870. The number of aromatic nitrogens is 2. The van der Waals surface area contributed by atoms with E-state index in [1.54, 1.807) is 12.4 Å². The van der Waals surface area contributed by atoms with Gasteiger partial charge in [-0.25, -0.2) is 9.97 Å². The molecular weight excluding hydrogens is 260 g/mol. The second-order valence-corrected chi connectivity index (χ2v) is 6.09. The Morgan fingerprint density at radius 3 is 2.47 bits per heavy atom. The zero-order valence-corrected chi connectivity index (χ0v) is 12.1. The van der Waals surface area contributed by atoms with Crippen LogP contribution in [0.2, 0.25) is 5.02 Å². The first-order chi connectivity index (χ1) is 9.26. The highest BCUT2D eigenvalue weighted by atomic mass is 35.5. The van der Waals surface area contributed by atoms with Crippen molar-refractivity contribution in [2.24, 2.45) is 0 Å². The van der Waals surface area contributed by atoms with E-state index in [1.165, 1.54) is 25.7 Å². The fourth-order valence-electron chi connectivity index (χ4n) is 3.42. The molecule has 1 aromatic heterocycles. The van der Waals surface area contributed by atoms with E-state index in [9.17, 15) is 0 Å². The van der Waals surface area contributed by atoms with Crippen LogP contribution in [0.15, 0.2) is 12.4 Å². The largest absolute Gasteiger partial charge is 0.338 e. The van der Waals surface area contributed by atoms with Crippen molar-refractivity contribution in [3.8, 4) is 0 Å². The third kappa shape index (κ3) is 2.84. The predicted molar refractivity (Wildman–Crippen MR) is 77.6 cm³/mol. The highest BCUT2D eigenvalue weighted by Crippen LogP contribution is 2.31. The summed E-state index contributed by atoms with van der Waals surface area (Å²) < 4.78 is 0. The molecular formula is C14H21ClN4. The van der Waals surface area contributed by atoms with Gasteiger partial charge in [0.1, 0.15) is 0 Å². The molecule has 0 spiro atoms. The van der Waals surface area contributed by atoms with E-state index in [2.05, 4.69) is 27.1 Å². The molecule has 2 aliphatic rings. The number of halogens is 1. The molecule has 3 heterocycles. The van der Waals surface area contributed by atoms with Gasteiger partial charge in [-0.15, -0.1) is 0 Å². The summed E-state index contributed by atoms with van der Waals surface area (Å²) in [6, 6.07) is 1.95. The number of nitrogens with one attached hydrogen (secondary N) is 1. The first kappa shape index (κ1) is 13.1. The second kappa shape index (κ2) is 5.63. The molecule has 0 aromatic carbocycles. The maximum atomic E-state index is 5.88. The molecule has 19 heavy (non-hydrogen) atoms. The van der Waals surface area contributed by atoms with Crippen LogP contribution in [0.4, 0.5) is 5.95 Å². The standard InChI is InChI=1S/C14H21ClN4/c1-2-5-19(14-16-8-10(15)9-17-14)13-6-11-3-4-12(7-13)18-11/h8-9,11-13,18H,2-7H2,1H3. The fraction of sp³-hybridized carbons (Fsp3) is 0.714. The van der Waals surface area contributed by atoms with E-state index in [0.29, 0.717) is 23.1 Å². The average Bonchev–Trinajstić information content (AvgIpc) is 2.76. The van der Waals surface area contributed by atoms with Gasteiger partial charge in [0.25, 0.3) is 0 Å². The quantitative estimate of drug-likeness (QED) is 0.921. The molecule has 4 nitrogen and oxygen atoms in total. The number of nitrogens with zero attached hydrogens (tertiary/aromatic N) is 3. The molecule has 2 saturated heterocycles. The van der Waals surface area contributed by atoms with Crippen LogP contribution >= 0.6 is 11.6 Å². The van der Waals surface area contributed by atoms with E-state index < -0.39 is 0 Å². The van der Waals surface area contributed by atoms with Gasteiger partial charge in [-0.1, -0.05) is 18.5 Å². The van der Waals surface area contributed by atoms with Crippen molar-refractivity contribution in [3.63, 3.8) is 0 Å². The Bertz CT molecular complexity index is 410. The van der Waals surface area contributed by atoms with Crippen molar-refractivity contribution < 1.29 is 0 Å². The van der Waals surface area contributed by atoms with Gasteiger partial charge in [-0.05, 0) is 32.1 Å². The van der Waals surface area contributed by atoms with E-state index in [4.69, 9.17) is 11.6 Å². The lowest BCUT2D eigenvalue weighted by Crippen LogP contribution is -2.49. The maximum Gasteiger partial charge on any atom is 0.225 e. The van der Waals surface area contributed by atoms with E-state index in [-0.39, 0.29) is 0 Å². The van der Waals surface area contributed by atoms with Crippen LogP contribution in [0.3, 0.4) is 0 Å². The number of fused-ring (bicyclic) bond motifs is 2. The van der Waals surface area contributed by atoms with E-state index in [1.807, 2.05) is 0 Å². The van der Waals surface area contributed by atoms with Crippen LogP contribution < -0.4 is 10.2 Å². The number of hydrogen-bond acceptors (Lipinski definition) is 4. The molecule has 1 aromatic rings. The normalized spacial score (nSPS) is 29.5. The molecule has 2 unspecified atom stereocenters. The summed E-state index contributed by atoms with van der Waals surface area (Å²) in [7, 11) is 0. The van der Waals surface area contributed by atoms with Crippen molar-refractivity contribution in [2.75, 3.05) is 11.4 Å². The SMILES string of the molecule is CCCN(c1ncc(Cl)cn1)C1CC2CCC(C1)N2. The summed E-state index contributed by atoms with van der Waals surface area (Å²) in [6.07, 6.45) is 9.58. The second-order valence-electron chi connectivity index (χ2n) is 5.66. The molecule has 2 bridgehead atoms. The monoisotopic (exact) mass is 280 g/mol. The van der Waals surface area contributed by atoms with Crippen LogP contribution in [0.5, 0.6) is 0 Å². The lowest BCUT2D eigenvalue weighted by atomic mass is 9.98. The lowest BCUT2D eigenvalue weighted by Gasteiger charge is -2.37. The zero-order valence-electron chi connectivity index (χ0n) is 11.3. The van der Waals surface area contributed by atoms with Gasteiger partial charge >= 0.3 is 0 Å². The minimum atomic E-state index is 0.569. The van der Waals surface area contributed by atoms with Crippen LogP contribution in [-0.2, 0) is 0 Å². The number of anilines is 1. The van der Waals surface area contributed by atoms with Gasteiger partial charge in [-0.3, -0.25) is 0 Å². The van der Waals surface area contributed by atoms with Gasteiger partial charge < -0.3 is 10.2 Å². The third-order valence-corrected chi connectivity index (χ3v) is 4.41.